The maximum atomic E-state index is 12.0. The lowest BCUT2D eigenvalue weighted by Gasteiger charge is -2.25. The van der Waals surface area contributed by atoms with Crippen molar-refractivity contribution in [1.29, 1.82) is 0 Å². The number of amides is 2. The van der Waals surface area contributed by atoms with Crippen LogP contribution in [-0.2, 0) is 9.59 Å². The van der Waals surface area contributed by atoms with Gasteiger partial charge in [-0.3, -0.25) is 19.7 Å². The second kappa shape index (κ2) is 8.17. The first-order valence-corrected chi connectivity index (χ1v) is 8.35. The van der Waals surface area contributed by atoms with Crippen LogP contribution in [0.2, 0.25) is 0 Å². The molecular weight excluding hydrogens is 352 g/mol. The van der Waals surface area contributed by atoms with Crippen LogP contribution in [0.4, 0.5) is 17.1 Å². The molecule has 2 aromatic carbocycles. The van der Waals surface area contributed by atoms with E-state index in [1.165, 1.54) is 6.07 Å². The van der Waals surface area contributed by atoms with E-state index in [-0.39, 0.29) is 30.5 Å². The zero-order valence-electron chi connectivity index (χ0n) is 14.3. The van der Waals surface area contributed by atoms with Crippen molar-refractivity contribution in [3.63, 3.8) is 0 Å². The normalized spacial score (nSPS) is 15.1. The summed E-state index contributed by atoms with van der Waals surface area (Å²) in [6, 6.07) is 13.3. The topological polar surface area (TPSA) is 123 Å². The Balaban J connectivity index is 1.46. The summed E-state index contributed by atoms with van der Waals surface area (Å²) in [5.41, 5.74) is 0.922. The summed E-state index contributed by atoms with van der Waals surface area (Å²) in [6.45, 7) is 0.549. The smallest absolute Gasteiger partial charge is 0.292 e. The van der Waals surface area contributed by atoms with Gasteiger partial charge in [0.2, 0.25) is 5.91 Å². The van der Waals surface area contributed by atoms with Crippen LogP contribution in [0, 0.1) is 10.1 Å². The molecule has 0 spiro atoms. The number of fused-ring (bicyclic) bond motifs is 1. The molecule has 1 heterocycles. The highest BCUT2D eigenvalue weighted by molar-refractivity contribution is 5.99. The van der Waals surface area contributed by atoms with Gasteiger partial charge in [0.1, 0.15) is 11.4 Å². The van der Waals surface area contributed by atoms with Gasteiger partial charge in [-0.05, 0) is 18.2 Å². The number of nitrogens with one attached hydrogen (secondary N) is 3. The molecule has 0 aliphatic carbocycles. The molecule has 9 heteroatoms. The van der Waals surface area contributed by atoms with Gasteiger partial charge in [-0.15, -0.1) is 0 Å². The molecule has 2 aromatic rings. The minimum absolute atomic E-state index is 0.0326. The van der Waals surface area contributed by atoms with Gasteiger partial charge in [-0.2, -0.15) is 0 Å². The molecular formula is C18H18N4O5. The number of benzene rings is 2. The van der Waals surface area contributed by atoms with Crippen molar-refractivity contribution >= 4 is 28.9 Å². The summed E-state index contributed by atoms with van der Waals surface area (Å²) in [5.74, 6) is -0.200. The lowest BCUT2D eigenvalue weighted by Crippen LogP contribution is -2.41. The SMILES string of the molecule is O=C(C[C@@H]1Oc2ccccc2NC1=O)NCCNc1ccccc1[N+](=O)[O-]. The van der Waals surface area contributed by atoms with E-state index >= 15 is 0 Å². The predicted molar refractivity (Wildman–Crippen MR) is 98.7 cm³/mol. The van der Waals surface area contributed by atoms with Gasteiger partial charge in [0.15, 0.2) is 6.10 Å². The molecule has 1 aliphatic heterocycles. The molecule has 27 heavy (non-hydrogen) atoms. The second-order valence-corrected chi connectivity index (χ2v) is 5.85. The Kier molecular flexibility index (Phi) is 5.50. The van der Waals surface area contributed by atoms with Crippen molar-refractivity contribution in [2.75, 3.05) is 23.7 Å². The Morgan fingerprint density at radius 3 is 2.70 bits per heavy atom. The number of ether oxygens (including phenoxy) is 1. The Labute approximate surface area is 154 Å². The third-order valence-corrected chi connectivity index (χ3v) is 3.94. The molecule has 2 amide bonds. The van der Waals surface area contributed by atoms with Gasteiger partial charge < -0.3 is 20.7 Å². The summed E-state index contributed by atoms with van der Waals surface area (Å²) in [7, 11) is 0. The van der Waals surface area contributed by atoms with Crippen LogP contribution in [0.15, 0.2) is 48.5 Å². The number of rotatable bonds is 7. The highest BCUT2D eigenvalue weighted by Crippen LogP contribution is 2.29. The molecule has 0 saturated heterocycles. The highest BCUT2D eigenvalue weighted by Gasteiger charge is 2.29. The minimum atomic E-state index is -0.900. The van der Waals surface area contributed by atoms with Gasteiger partial charge in [0.25, 0.3) is 11.6 Å². The summed E-state index contributed by atoms with van der Waals surface area (Å²) >= 11 is 0. The maximum absolute atomic E-state index is 12.0. The van der Waals surface area contributed by atoms with E-state index in [9.17, 15) is 19.7 Å². The molecule has 0 bridgehead atoms. The van der Waals surface area contributed by atoms with Crippen LogP contribution in [0.3, 0.4) is 0 Å². The quantitative estimate of drug-likeness (QED) is 0.389. The van der Waals surface area contributed by atoms with E-state index < -0.39 is 11.0 Å². The largest absolute Gasteiger partial charge is 0.478 e. The molecule has 0 fully saturated rings. The monoisotopic (exact) mass is 370 g/mol. The molecule has 0 aromatic heterocycles. The molecule has 0 saturated carbocycles. The molecule has 0 radical (unpaired) electrons. The number of nitro benzene ring substituents is 1. The summed E-state index contributed by atoms with van der Waals surface area (Å²) in [6.07, 6.45) is -1.02. The van der Waals surface area contributed by atoms with Crippen LogP contribution in [0.5, 0.6) is 5.75 Å². The van der Waals surface area contributed by atoms with E-state index in [2.05, 4.69) is 16.0 Å². The molecule has 1 aliphatic rings. The zero-order valence-corrected chi connectivity index (χ0v) is 14.3. The lowest BCUT2D eigenvalue weighted by molar-refractivity contribution is -0.384. The highest BCUT2D eigenvalue weighted by atomic mass is 16.6. The first-order valence-electron chi connectivity index (χ1n) is 8.35. The van der Waals surface area contributed by atoms with Crippen LogP contribution < -0.4 is 20.7 Å². The Hall–Kier alpha value is -3.62. The Bertz CT molecular complexity index is 870. The van der Waals surface area contributed by atoms with E-state index in [0.29, 0.717) is 23.7 Å². The summed E-state index contributed by atoms with van der Waals surface area (Å²) in [5, 5.41) is 19.2. The van der Waals surface area contributed by atoms with E-state index in [0.717, 1.165) is 0 Å². The zero-order chi connectivity index (χ0) is 19.2. The van der Waals surface area contributed by atoms with Gasteiger partial charge in [-0.1, -0.05) is 24.3 Å². The average Bonchev–Trinajstić information content (AvgIpc) is 2.66. The molecule has 9 nitrogen and oxygen atoms in total. The van der Waals surface area contributed by atoms with Crippen molar-refractivity contribution in [3.05, 3.63) is 58.6 Å². The number of carbonyl (C=O) groups excluding carboxylic acids is 2. The van der Waals surface area contributed by atoms with Gasteiger partial charge in [0.05, 0.1) is 17.0 Å². The standard InChI is InChI=1S/C18H18N4O5/c23-17(11-16-18(24)21-13-6-2-4-8-15(13)27-16)20-10-9-19-12-5-1-3-7-14(12)22(25)26/h1-8,16,19H,9-11H2,(H,20,23)(H,21,24)/t16-/m0/s1. The van der Waals surface area contributed by atoms with E-state index in [1.54, 1.807) is 42.5 Å². The fourth-order valence-corrected chi connectivity index (χ4v) is 2.65. The number of nitrogens with zero attached hydrogens (tertiary/aromatic N) is 1. The van der Waals surface area contributed by atoms with Gasteiger partial charge in [-0.25, -0.2) is 0 Å². The molecule has 0 unspecified atom stereocenters. The maximum Gasteiger partial charge on any atom is 0.292 e. The van der Waals surface area contributed by atoms with Crippen molar-refractivity contribution in [3.8, 4) is 5.75 Å². The van der Waals surface area contributed by atoms with Crippen molar-refractivity contribution in [1.82, 2.24) is 5.32 Å². The summed E-state index contributed by atoms with van der Waals surface area (Å²) < 4.78 is 5.57. The third kappa shape index (κ3) is 4.51. The van der Waals surface area contributed by atoms with Crippen molar-refractivity contribution < 1.29 is 19.2 Å². The van der Waals surface area contributed by atoms with Crippen LogP contribution >= 0.6 is 0 Å². The van der Waals surface area contributed by atoms with Gasteiger partial charge in [0, 0.05) is 19.2 Å². The molecule has 1 atom stereocenters. The second-order valence-electron chi connectivity index (χ2n) is 5.85. The fraction of sp³-hybridized carbons (Fsp3) is 0.222. The molecule has 3 rings (SSSR count). The molecule has 140 valence electrons. The van der Waals surface area contributed by atoms with Gasteiger partial charge >= 0.3 is 0 Å². The summed E-state index contributed by atoms with van der Waals surface area (Å²) in [4.78, 5) is 34.5. The number of anilines is 2. The Morgan fingerprint density at radius 2 is 1.89 bits per heavy atom. The van der Waals surface area contributed by atoms with E-state index in [1.807, 2.05) is 0 Å². The first-order chi connectivity index (χ1) is 13.0. The van der Waals surface area contributed by atoms with Crippen molar-refractivity contribution in [2.45, 2.75) is 12.5 Å². The Morgan fingerprint density at radius 1 is 1.15 bits per heavy atom. The van der Waals surface area contributed by atoms with Crippen LogP contribution in [0.25, 0.3) is 0 Å². The fourth-order valence-electron chi connectivity index (χ4n) is 2.65. The number of nitro groups is 1. The van der Waals surface area contributed by atoms with Crippen LogP contribution in [-0.4, -0.2) is 35.9 Å². The third-order valence-electron chi connectivity index (χ3n) is 3.94. The average molecular weight is 370 g/mol. The van der Waals surface area contributed by atoms with E-state index in [4.69, 9.17) is 4.74 Å². The molecule has 3 N–H and O–H groups in total. The number of carbonyl (C=O) groups is 2. The van der Waals surface area contributed by atoms with Crippen LogP contribution in [0.1, 0.15) is 6.42 Å². The van der Waals surface area contributed by atoms with Crippen molar-refractivity contribution in [2.24, 2.45) is 0 Å². The minimum Gasteiger partial charge on any atom is -0.478 e. The first kappa shape index (κ1) is 18.2. The number of hydrogen-bond donors (Lipinski definition) is 3. The lowest BCUT2D eigenvalue weighted by atomic mass is 10.1. The predicted octanol–water partition coefficient (Wildman–Crippen LogP) is 1.91. The number of para-hydroxylation sites is 4. The number of hydrogen-bond acceptors (Lipinski definition) is 6.